The Balaban J connectivity index is 1.70. The van der Waals surface area contributed by atoms with Crippen molar-refractivity contribution in [3.05, 3.63) is 42.7 Å². The van der Waals surface area contributed by atoms with Crippen molar-refractivity contribution in [3.8, 4) is 0 Å². The predicted octanol–water partition coefficient (Wildman–Crippen LogP) is 0.921. The van der Waals surface area contributed by atoms with E-state index in [-0.39, 0.29) is 4.90 Å². The third-order valence-corrected chi connectivity index (χ3v) is 5.33. The van der Waals surface area contributed by atoms with Gasteiger partial charge in [0.1, 0.15) is 4.90 Å². The molecule has 1 aromatic carbocycles. The number of anilines is 1. The van der Waals surface area contributed by atoms with Crippen LogP contribution in [0, 0.1) is 0 Å². The number of sulfonamides is 1. The summed E-state index contributed by atoms with van der Waals surface area (Å²) in [5, 5.41) is 6.25. The smallest absolute Gasteiger partial charge is 0.246 e. The fraction of sp³-hybridized carbons (Fsp3) is 0.308. The molecular formula is C13H16N4O2S. The summed E-state index contributed by atoms with van der Waals surface area (Å²) in [7, 11) is -3.41. The van der Waals surface area contributed by atoms with Crippen LogP contribution in [-0.4, -0.2) is 49.1 Å². The Kier molecular flexibility index (Phi) is 3.45. The van der Waals surface area contributed by atoms with Crippen LogP contribution < -0.4 is 4.90 Å². The Morgan fingerprint density at radius 3 is 2.35 bits per heavy atom. The van der Waals surface area contributed by atoms with E-state index in [1.807, 2.05) is 30.3 Å². The van der Waals surface area contributed by atoms with Gasteiger partial charge in [-0.1, -0.05) is 18.2 Å². The van der Waals surface area contributed by atoms with Crippen molar-refractivity contribution in [2.75, 3.05) is 31.1 Å². The van der Waals surface area contributed by atoms with E-state index < -0.39 is 10.0 Å². The summed E-state index contributed by atoms with van der Waals surface area (Å²) in [5.74, 6) is 0. The third-order valence-electron chi connectivity index (χ3n) is 3.47. The maximum absolute atomic E-state index is 12.3. The van der Waals surface area contributed by atoms with Gasteiger partial charge < -0.3 is 4.90 Å². The molecule has 0 radical (unpaired) electrons. The summed E-state index contributed by atoms with van der Waals surface area (Å²) in [6.45, 7) is 2.37. The fourth-order valence-corrected chi connectivity index (χ4v) is 3.68. The molecule has 0 atom stereocenters. The predicted molar refractivity (Wildman–Crippen MR) is 76.0 cm³/mol. The number of para-hydroxylation sites is 1. The SMILES string of the molecule is O=S(=O)(c1cn[nH]c1)N1CCN(c2ccccc2)CC1. The second-order valence-electron chi connectivity index (χ2n) is 4.66. The summed E-state index contributed by atoms with van der Waals surface area (Å²) >= 11 is 0. The molecule has 1 N–H and O–H groups in total. The highest BCUT2D eigenvalue weighted by molar-refractivity contribution is 7.89. The van der Waals surface area contributed by atoms with Gasteiger partial charge in [-0.3, -0.25) is 5.10 Å². The van der Waals surface area contributed by atoms with Gasteiger partial charge in [0, 0.05) is 38.1 Å². The van der Waals surface area contributed by atoms with Crippen LogP contribution in [0.15, 0.2) is 47.6 Å². The molecule has 0 saturated carbocycles. The van der Waals surface area contributed by atoms with Crippen molar-refractivity contribution >= 4 is 15.7 Å². The third kappa shape index (κ3) is 2.41. The second kappa shape index (κ2) is 5.26. The molecular weight excluding hydrogens is 276 g/mol. The van der Waals surface area contributed by atoms with Gasteiger partial charge in [0.05, 0.1) is 6.20 Å². The lowest BCUT2D eigenvalue weighted by Gasteiger charge is -2.35. The Morgan fingerprint density at radius 2 is 1.75 bits per heavy atom. The Morgan fingerprint density at radius 1 is 1.05 bits per heavy atom. The summed E-state index contributed by atoms with van der Waals surface area (Å²) in [6.07, 6.45) is 2.76. The molecule has 0 spiro atoms. The van der Waals surface area contributed by atoms with Gasteiger partial charge >= 0.3 is 0 Å². The molecule has 3 rings (SSSR count). The minimum absolute atomic E-state index is 0.227. The molecule has 1 fully saturated rings. The van der Waals surface area contributed by atoms with Gasteiger partial charge in [-0.15, -0.1) is 0 Å². The molecule has 1 saturated heterocycles. The zero-order chi connectivity index (χ0) is 14.0. The van der Waals surface area contributed by atoms with E-state index in [4.69, 9.17) is 0 Å². The molecule has 2 heterocycles. The molecule has 106 valence electrons. The van der Waals surface area contributed by atoms with E-state index in [1.165, 1.54) is 16.7 Å². The Hall–Kier alpha value is -1.86. The molecule has 0 amide bonds. The molecule has 1 aliphatic rings. The molecule has 20 heavy (non-hydrogen) atoms. The molecule has 0 aliphatic carbocycles. The topological polar surface area (TPSA) is 69.3 Å². The number of hydrogen-bond donors (Lipinski definition) is 1. The van der Waals surface area contributed by atoms with Crippen LogP contribution in [0.1, 0.15) is 0 Å². The second-order valence-corrected chi connectivity index (χ2v) is 6.60. The average Bonchev–Trinajstić information content (AvgIpc) is 3.03. The highest BCUT2D eigenvalue weighted by atomic mass is 32.2. The monoisotopic (exact) mass is 292 g/mol. The lowest BCUT2D eigenvalue weighted by molar-refractivity contribution is 0.385. The summed E-state index contributed by atoms with van der Waals surface area (Å²) in [4.78, 5) is 2.42. The van der Waals surface area contributed by atoms with Crippen molar-refractivity contribution in [1.82, 2.24) is 14.5 Å². The zero-order valence-electron chi connectivity index (χ0n) is 10.9. The largest absolute Gasteiger partial charge is 0.369 e. The number of piperazine rings is 1. The molecule has 7 heteroatoms. The number of rotatable bonds is 3. The number of aromatic nitrogens is 2. The molecule has 2 aromatic rings. The molecule has 1 aliphatic heterocycles. The first-order chi connectivity index (χ1) is 9.68. The van der Waals surface area contributed by atoms with Gasteiger partial charge in [0.25, 0.3) is 0 Å². The minimum atomic E-state index is -3.41. The number of nitrogens with one attached hydrogen (secondary N) is 1. The minimum Gasteiger partial charge on any atom is -0.369 e. The summed E-state index contributed by atoms with van der Waals surface area (Å²) in [6, 6.07) is 10.0. The van der Waals surface area contributed by atoms with Crippen molar-refractivity contribution in [1.29, 1.82) is 0 Å². The number of nitrogens with zero attached hydrogens (tertiary/aromatic N) is 3. The first-order valence-electron chi connectivity index (χ1n) is 6.47. The molecule has 1 aromatic heterocycles. The zero-order valence-corrected chi connectivity index (χ0v) is 11.8. The van der Waals surface area contributed by atoms with Crippen LogP contribution in [0.4, 0.5) is 5.69 Å². The maximum atomic E-state index is 12.3. The summed E-state index contributed by atoms with van der Waals surface area (Å²) < 4.78 is 26.2. The van der Waals surface area contributed by atoms with E-state index in [9.17, 15) is 8.42 Å². The number of hydrogen-bond acceptors (Lipinski definition) is 4. The van der Waals surface area contributed by atoms with Crippen molar-refractivity contribution in [2.24, 2.45) is 0 Å². The fourth-order valence-electron chi connectivity index (χ4n) is 2.35. The van der Waals surface area contributed by atoms with Gasteiger partial charge in [-0.2, -0.15) is 9.40 Å². The summed E-state index contributed by atoms with van der Waals surface area (Å²) in [5.41, 5.74) is 1.13. The van der Waals surface area contributed by atoms with E-state index in [0.29, 0.717) is 26.2 Å². The van der Waals surface area contributed by atoms with Crippen LogP contribution in [0.2, 0.25) is 0 Å². The standard InChI is InChI=1S/C13H16N4O2S/c18-20(19,13-10-14-15-11-13)17-8-6-16(7-9-17)12-4-2-1-3-5-12/h1-5,10-11H,6-9H2,(H,14,15). The number of aromatic amines is 1. The first-order valence-corrected chi connectivity index (χ1v) is 7.91. The van der Waals surface area contributed by atoms with Crippen LogP contribution >= 0.6 is 0 Å². The maximum Gasteiger partial charge on any atom is 0.246 e. The van der Waals surface area contributed by atoms with Gasteiger partial charge in [-0.25, -0.2) is 8.42 Å². The lowest BCUT2D eigenvalue weighted by Crippen LogP contribution is -2.48. The van der Waals surface area contributed by atoms with E-state index in [0.717, 1.165) is 5.69 Å². The normalized spacial score (nSPS) is 17.3. The Labute approximate surface area is 118 Å². The van der Waals surface area contributed by atoms with Crippen molar-refractivity contribution < 1.29 is 8.42 Å². The van der Waals surface area contributed by atoms with Crippen LogP contribution in [0.5, 0.6) is 0 Å². The van der Waals surface area contributed by atoms with Crippen LogP contribution in [0.25, 0.3) is 0 Å². The van der Waals surface area contributed by atoms with Crippen molar-refractivity contribution in [3.63, 3.8) is 0 Å². The van der Waals surface area contributed by atoms with Gasteiger partial charge in [-0.05, 0) is 12.1 Å². The lowest BCUT2D eigenvalue weighted by atomic mass is 10.2. The molecule has 0 bridgehead atoms. The number of H-pyrrole nitrogens is 1. The van der Waals surface area contributed by atoms with E-state index in [2.05, 4.69) is 15.1 Å². The van der Waals surface area contributed by atoms with E-state index in [1.54, 1.807) is 0 Å². The van der Waals surface area contributed by atoms with E-state index >= 15 is 0 Å². The van der Waals surface area contributed by atoms with Crippen molar-refractivity contribution in [2.45, 2.75) is 4.90 Å². The highest BCUT2D eigenvalue weighted by Gasteiger charge is 2.29. The average molecular weight is 292 g/mol. The quantitative estimate of drug-likeness (QED) is 0.913. The van der Waals surface area contributed by atoms with Gasteiger partial charge in [0.2, 0.25) is 10.0 Å². The van der Waals surface area contributed by atoms with Gasteiger partial charge in [0.15, 0.2) is 0 Å². The molecule has 0 unspecified atom stereocenters. The highest BCUT2D eigenvalue weighted by Crippen LogP contribution is 2.20. The molecule has 6 nitrogen and oxygen atoms in total. The first kappa shape index (κ1) is 13.1. The number of benzene rings is 1. The Bertz CT molecular complexity index is 647. The van der Waals surface area contributed by atoms with Crippen LogP contribution in [0.3, 0.4) is 0 Å². The van der Waals surface area contributed by atoms with Crippen LogP contribution in [-0.2, 0) is 10.0 Å².